The predicted molar refractivity (Wildman–Crippen MR) is 133 cm³/mol. The van der Waals surface area contributed by atoms with E-state index in [0.717, 1.165) is 38.0 Å². The molecule has 1 saturated heterocycles. The fraction of sp³-hybridized carbons (Fsp3) is 0.250. The van der Waals surface area contributed by atoms with Gasteiger partial charge in [-0.25, -0.2) is 18.4 Å². The quantitative estimate of drug-likeness (QED) is 0.404. The smallest absolute Gasteiger partial charge is 0.272 e. The van der Waals surface area contributed by atoms with Gasteiger partial charge in [-0.15, -0.1) is 11.3 Å². The third-order valence-corrected chi connectivity index (χ3v) is 8.48. The molecule has 0 spiro atoms. The standard InChI is InChI=1S/C24H25N5O2S2/c30-33(31,22-11-6-16-32-22)28-24-23(26-20-9-4-5-10-21(20)27-24)25-19-12-14-29(15-13-19)17-18-7-2-1-3-8-18/h1-11,16,19H,12-15,17H2,(H,25,26)(H,27,28). The molecule has 170 valence electrons. The Morgan fingerprint density at radius 2 is 1.55 bits per heavy atom. The number of aromatic nitrogens is 2. The molecule has 2 aromatic heterocycles. The molecular weight excluding hydrogens is 454 g/mol. The molecule has 3 heterocycles. The Bertz CT molecular complexity index is 1320. The number of nitrogens with one attached hydrogen (secondary N) is 2. The van der Waals surface area contributed by atoms with Gasteiger partial charge in [-0.3, -0.25) is 9.62 Å². The Morgan fingerprint density at radius 3 is 2.21 bits per heavy atom. The molecule has 0 aliphatic carbocycles. The molecular formula is C24H25N5O2S2. The summed E-state index contributed by atoms with van der Waals surface area (Å²) in [4.78, 5) is 11.7. The highest BCUT2D eigenvalue weighted by Gasteiger charge is 2.24. The van der Waals surface area contributed by atoms with E-state index in [1.807, 2.05) is 30.3 Å². The number of hydrogen-bond acceptors (Lipinski definition) is 7. The maximum atomic E-state index is 12.9. The zero-order valence-corrected chi connectivity index (χ0v) is 19.6. The molecule has 9 heteroatoms. The summed E-state index contributed by atoms with van der Waals surface area (Å²) in [6.07, 6.45) is 1.89. The van der Waals surface area contributed by atoms with Crippen molar-refractivity contribution in [2.24, 2.45) is 0 Å². The van der Waals surface area contributed by atoms with Crippen molar-refractivity contribution in [1.29, 1.82) is 0 Å². The lowest BCUT2D eigenvalue weighted by Gasteiger charge is -2.32. The fourth-order valence-corrected chi connectivity index (χ4v) is 6.04. The van der Waals surface area contributed by atoms with E-state index < -0.39 is 10.0 Å². The van der Waals surface area contributed by atoms with Gasteiger partial charge in [-0.2, -0.15) is 0 Å². The van der Waals surface area contributed by atoms with Crippen LogP contribution in [-0.4, -0.2) is 42.4 Å². The van der Waals surface area contributed by atoms with Crippen LogP contribution in [0.3, 0.4) is 0 Å². The number of thiophene rings is 1. The van der Waals surface area contributed by atoms with Crippen molar-refractivity contribution < 1.29 is 8.42 Å². The van der Waals surface area contributed by atoms with E-state index in [9.17, 15) is 8.42 Å². The number of hydrogen-bond donors (Lipinski definition) is 2. The molecule has 1 aliphatic heterocycles. The van der Waals surface area contributed by atoms with Crippen molar-refractivity contribution >= 4 is 44.0 Å². The number of anilines is 2. The van der Waals surface area contributed by atoms with Crippen LogP contribution in [0.15, 0.2) is 76.3 Å². The van der Waals surface area contributed by atoms with Crippen molar-refractivity contribution in [2.45, 2.75) is 29.6 Å². The molecule has 2 N–H and O–H groups in total. The highest BCUT2D eigenvalue weighted by atomic mass is 32.2. The van der Waals surface area contributed by atoms with E-state index in [4.69, 9.17) is 4.98 Å². The Hall–Kier alpha value is -3.01. The van der Waals surface area contributed by atoms with Crippen LogP contribution in [0.2, 0.25) is 0 Å². The average molecular weight is 480 g/mol. The van der Waals surface area contributed by atoms with Crippen LogP contribution in [-0.2, 0) is 16.6 Å². The number of fused-ring (bicyclic) bond motifs is 1. The number of benzene rings is 2. The minimum absolute atomic E-state index is 0.192. The Kier molecular flexibility index (Phi) is 6.26. The molecule has 0 saturated carbocycles. The number of para-hydroxylation sites is 2. The summed E-state index contributed by atoms with van der Waals surface area (Å²) < 4.78 is 28.6. The number of piperidine rings is 1. The van der Waals surface area contributed by atoms with E-state index in [1.165, 1.54) is 16.9 Å². The lowest BCUT2D eigenvalue weighted by Crippen LogP contribution is -2.39. The van der Waals surface area contributed by atoms with E-state index >= 15 is 0 Å². The molecule has 5 rings (SSSR count). The molecule has 2 aromatic carbocycles. The minimum atomic E-state index is -3.73. The largest absolute Gasteiger partial charge is 0.364 e. The third kappa shape index (κ3) is 5.16. The Morgan fingerprint density at radius 1 is 0.879 bits per heavy atom. The van der Waals surface area contributed by atoms with Gasteiger partial charge in [0.2, 0.25) is 0 Å². The molecule has 1 aliphatic rings. The molecule has 7 nitrogen and oxygen atoms in total. The zero-order valence-electron chi connectivity index (χ0n) is 18.0. The predicted octanol–water partition coefficient (Wildman–Crippen LogP) is 4.57. The number of nitrogens with zero attached hydrogens (tertiary/aromatic N) is 3. The van der Waals surface area contributed by atoms with Crippen LogP contribution in [0, 0.1) is 0 Å². The van der Waals surface area contributed by atoms with Gasteiger partial charge < -0.3 is 5.32 Å². The van der Waals surface area contributed by atoms with E-state index in [2.05, 4.69) is 44.2 Å². The van der Waals surface area contributed by atoms with Gasteiger partial charge in [0.1, 0.15) is 4.21 Å². The first-order valence-corrected chi connectivity index (χ1v) is 13.3. The monoisotopic (exact) mass is 479 g/mol. The van der Waals surface area contributed by atoms with Crippen molar-refractivity contribution in [3.8, 4) is 0 Å². The van der Waals surface area contributed by atoms with Crippen molar-refractivity contribution in [3.05, 3.63) is 77.7 Å². The van der Waals surface area contributed by atoms with Gasteiger partial charge in [0, 0.05) is 25.7 Å². The lowest BCUT2D eigenvalue weighted by atomic mass is 10.0. The summed E-state index contributed by atoms with van der Waals surface area (Å²) in [6, 6.07) is 21.5. The summed E-state index contributed by atoms with van der Waals surface area (Å²) in [5, 5.41) is 5.21. The topological polar surface area (TPSA) is 87.2 Å². The molecule has 0 unspecified atom stereocenters. The molecule has 0 bridgehead atoms. The van der Waals surface area contributed by atoms with Crippen LogP contribution in [0.1, 0.15) is 18.4 Å². The summed E-state index contributed by atoms with van der Waals surface area (Å²) in [7, 11) is -3.73. The number of rotatable bonds is 7. The van der Waals surface area contributed by atoms with Gasteiger partial charge in [0.15, 0.2) is 11.6 Å². The highest BCUT2D eigenvalue weighted by molar-refractivity contribution is 7.94. The summed E-state index contributed by atoms with van der Waals surface area (Å²) in [5.74, 6) is 0.698. The molecule has 0 amide bonds. The summed E-state index contributed by atoms with van der Waals surface area (Å²) in [5.41, 5.74) is 2.68. The minimum Gasteiger partial charge on any atom is -0.364 e. The van der Waals surface area contributed by atoms with E-state index in [0.29, 0.717) is 11.3 Å². The summed E-state index contributed by atoms with van der Waals surface area (Å²) in [6.45, 7) is 2.86. The van der Waals surface area contributed by atoms with Crippen LogP contribution >= 0.6 is 11.3 Å². The molecule has 4 aromatic rings. The van der Waals surface area contributed by atoms with Crippen LogP contribution in [0.5, 0.6) is 0 Å². The number of likely N-dealkylation sites (tertiary alicyclic amines) is 1. The molecule has 0 atom stereocenters. The van der Waals surface area contributed by atoms with E-state index in [1.54, 1.807) is 17.5 Å². The maximum absolute atomic E-state index is 12.9. The molecule has 33 heavy (non-hydrogen) atoms. The first-order chi connectivity index (χ1) is 16.1. The SMILES string of the molecule is O=S(=O)(Nc1nc2ccccc2nc1NC1CCN(Cc2ccccc2)CC1)c1cccs1. The van der Waals surface area contributed by atoms with Crippen molar-refractivity contribution in [2.75, 3.05) is 23.1 Å². The third-order valence-electron chi connectivity index (χ3n) is 5.74. The van der Waals surface area contributed by atoms with Gasteiger partial charge in [-0.05, 0) is 42.0 Å². The first-order valence-electron chi connectivity index (χ1n) is 10.9. The zero-order chi connectivity index (χ0) is 22.7. The lowest BCUT2D eigenvalue weighted by molar-refractivity contribution is 0.211. The average Bonchev–Trinajstić information content (AvgIpc) is 3.38. The van der Waals surface area contributed by atoms with Crippen molar-refractivity contribution in [1.82, 2.24) is 14.9 Å². The Labute approximate surface area is 197 Å². The summed E-state index contributed by atoms with van der Waals surface area (Å²) >= 11 is 1.17. The maximum Gasteiger partial charge on any atom is 0.272 e. The van der Waals surface area contributed by atoms with Gasteiger partial charge >= 0.3 is 0 Å². The second-order valence-electron chi connectivity index (χ2n) is 8.13. The fourth-order valence-electron chi connectivity index (χ4n) is 4.04. The highest BCUT2D eigenvalue weighted by Crippen LogP contribution is 2.27. The van der Waals surface area contributed by atoms with Gasteiger partial charge in [0.25, 0.3) is 10.0 Å². The second kappa shape index (κ2) is 9.46. The van der Waals surface area contributed by atoms with Crippen LogP contribution in [0.4, 0.5) is 11.6 Å². The molecule has 0 radical (unpaired) electrons. The van der Waals surface area contributed by atoms with Crippen LogP contribution in [0.25, 0.3) is 11.0 Å². The first kappa shape index (κ1) is 21.8. The normalized spacial score (nSPS) is 15.5. The van der Waals surface area contributed by atoms with Gasteiger partial charge in [-0.1, -0.05) is 48.5 Å². The van der Waals surface area contributed by atoms with Crippen molar-refractivity contribution in [3.63, 3.8) is 0 Å². The molecule has 1 fully saturated rings. The number of sulfonamides is 1. The van der Waals surface area contributed by atoms with Gasteiger partial charge in [0.05, 0.1) is 11.0 Å². The van der Waals surface area contributed by atoms with E-state index in [-0.39, 0.29) is 16.1 Å². The van der Waals surface area contributed by atoms with Crippen LogP contribution < -0.4 is 10.0 Å². The Balaban J connectivity index is 1.33. The second-order valence-corrected chi connectivity index (χ2v) is 11.0.